The highest BCUT2D eigenvalue weighted by molar-refractivity contribution is 9.10. The van der Waals surface area contributed by atoms with E-state index in [1.807, 2.05) is 0 Å². The van der Waals surface area contributed by atoms with Crippen molar-refractivity contribution in [3.05, 3.63) is 22.6 Å². The molecule has 1 N–H and O–H groups in total. The molecular formula is C14H16BrNO4. The van der Waals surface area contributed by atoms with E-state index in [9.17, 15) is 14.7 Å². The van der Waals surface area contributed by atoms with E-state index in [4.69, 9.17) is 4.42 Å². The van der Waals surface area contributed by atoms with Crippen molar-refractivity contribution in [3.63, 3.8) is 0 Å². The van der Waals surface area contributed by atoms with Crippen LogP contribution >= 0.6 is 15.9 Å². The summed E-state index contributed by atoms with van der Waals surface area (Å²) in [4.78, 5) is 25.7. The number of furan rings is 1. The van der Waals surface area contributed by atoms with Crippen molar-refractivity contribution in [2.45, 2.75) is 44.2 Å². The van der Waals surface area contributed by atoms with E-state index < -0.39 is 12.0 Å². The SMILES string of the molecule is O=C(O)[C@@H]1C[C@H]2CCCC[C@@H]2N1C(=O)c1coc(Br)c1. The molecule has 1 saturated heterocycles. The van der Waals surface area contributed by atoms with Crippen molar-refractivity contribution in [1.82, 2.24) is 4.90 Å². The molecule has 3 rings (SSSR count). The summed E-state index contributed by atoms with van der Waals surface area (Å²) in [6.45, 7) is 0. The predicted octanol–water partition coefficient (Wildman–Crippen LogP) is 2.90. The maximum atomic E-state index is 12.6. The van der Waals surface area contributed by atoms with Crippen LogP contribution in [0.3, 0.4) is 0 Å². The van der Waals surface area contributed by atoms with E-state index in [-0.39, 0.29) is 11.9 Å². The number of likely N-dealkylation sites (tertiary alicyclic amines) is 1. The molecule has 20 heavy (non-hydrogen) atoms. The zero-order valence-corrected chi connectivity index (χ0v) is 12.5. The van der Waals surface area contributed by atoms with Gasteiger partial charge in [0.05, 0.1) is 5.56 Å². The number of amides is 1. The highest BCUT2D eigenvalue weighted by atomic mass is 79.9. The molecule has 0 bridgehead atoms. The first-order valence-electron chi connectivity index (χ1n) is 6.87. The number of carbonyl (C=O) groups is 2. The van der Waals surface area contributed by atoms with Crippen LogP contribution in [0.4, 0.5) is 0 Å². The Morgan fingerprint density at radius 1 is 1.35 bits per heavy atom. The van der Waals surface area contributed by atoms with Crippen LogP contribution < -0.4 is 0 Å². The summed E-state index contributed by atoms with van der Waals surface area (Å²) in [5.41, 5.74) is 0.411. The molecule has 5 nitrogen and oxygen atoms in total. The summed E-state index contributed by atoms with van der Waals surface area (Å²) in [7, 11) is 0. The van der Waals surface area contributed by atoms with E-state index in [0.29, 0.717) is 22.6 Å². The van der Waals surface area contributed by atoms with Gasteiger partial charge in [0.15, 0.2) is 4.67 Å². The number of fused-ring (bicyclic) bond motifs is 1. The van der Waals surface area contributed by atoms with Gasteiger partial charge in [-0.3, -0.25) is 4.79 Å². The van der Waals surface area contributed by atoms with Gasteiger partial charge in [-0.05, 0) is 41.1 Å². The van der Waals surface area contributed by atoms with Crippen LogP contribution in [0.15, 0.2) is 21.4 Å². The lowest BCUT2D eigenvalue weighted by Crippen LogP contribution is -2.46. The van der Waals surface area contributed by atoms with E-state index in [0.717, 1.165) is 25.7 Å². The Morgan fingerprint density at radius 3 is 2.75 bits per heavy atom. The van der Waals surface area contributed by atoms with Crippen molar-refractivity contribution in [2.24, 2.45) is 5.92 Å². The van der Waals surface area contributed by atoms with E-state index in [2.05, 4.69) is 15.9 Å². The molecule has 1 aromatic heterocycles. The Morgan fingerprint density at radius 2 is 2.10 bits per heavy atom. The van der Waals surface area contributed by atoms with Crippen LogP contribution in [-0.4, -0.2) is 34.0 Å². The van der Waals surface area contributed by atoms with Crippen LogP contribution in [0.2, 0.25) is 0 Å². The fourth-order valence-electron chi connectivity index (χ4n) is 3.54. The van der Waals surface area contributed by atoms with Crippen LogP contribution in [0.1, 0.15) is 42.5 Å². The molecule has 1 saturated carbocycles. The number of halogens is 1. The zero-order chi connectivity index (χ0) is 14.3. The summed E-state index contributed by atoms with van der Waals surface area (Å²) in [6.07, 6.45) is 6.07. The molecule has 3 atom stereocenters. The van der Waals surface area contributed by atoms with Gasteiger partial charge in [0.1, 0.15) is 12.3 Å². The fraction of sp³-hybridized carbons (Fsp3) is 0.571. The summed E-state index contributed by atoms with van der Waals surface area (Å²) in [5.74, 6) is -0.819. The Bertz CT molecular complexity index is 541. The second kappa shape index (κ2) is 5.24. The molecule has 0 spiro atoms. The lowest BCUT2D eigenvalue weighted by atomic mass is 9.84. The number of hydrogen-bond donors (Lipinski definition) is 1. The Labute approximate surface area is 125 Å². The van der Waals surface area contributed by atoms with Crippen molar-refractivity contribution in [3.8, 4) is 0 Å². The number of carbonyl (C=O) groups excluding carboxylic acids is 1. The maximum Gasteiger partial charge on any atom is 0.326 e. The summed E-state index contributed by atoms with van der Waals surface area (Å²) < 4.78 is 5.58. The molecule has 0 radical (unpaired) electrons. The first-order valence-corrected chi connectivity index (χ1v) is 7.66. The topological polar surface area (TPSA) is 70.8 Å². The molecule has 0 aromatic carbocycles. The van der Waals surface area contributed by atoms with Gasteiger partial charge in [0.25, 0.3) is 5.91 Å². The van der Waals surface area contributed by atoms with Gasteiger partial charge in [-0.1, -0.05) is 12.8 Å². The minimum Gasteiger partial charge on any atom is -0.480 e. The zero-order valence-electron chi connectivity index (χ0n) is 10.9. The van der Waals surface area contributed by atoms with Gasteiger partial charge in [0.2, 0.25) is 0 Å². The fourth-order valence-corrected chi connectivity index (χ4v) is 3.88. The van der Waals surface area contributed by atoms with Gasteiger partial charge in [-0.25, -0.2) is 4.79 Å². The first kappa shape index (κ1) is 13.7. The third kappa shape index (κ3) is 2.26. The van der Waals surface area contributed by atoms with Crippen LogP contribution in [0.25, 0.3) is 0 Å². The second-order valence-electron chi connectivity index (χ2n) is 5.55. The molecule has 1 amide bonds. The highest BCUT2D eigenvalue weighted by Gasteiger charge is 2.47. The van der Waals surface area contributed by atoms with E-state index in [1.54, 1.807) is 11.0 Å². The van der Waals surface area contributed by atoms with Gasteiger partial charge in [0, 0.05) is 12.1 Å². The lowest BCUT2D eigenvalue weighted by molar-refractivity contribution is -0.141. The van der Waals surface area contributed by atoms with Crippen molar-refractivity contribution in [1.29, 1.82) is 0 Å². The van der Waals surface area contributed by atoms with Crippen molar-refractivity contribution in [2.75, 3.05) is 0 Å². The molecule has 6 heteroatoms. The van der Waals surface area contributed by atoms with Crippen molar-refractivity contribution >= 4 is 27.8 Å². The molecule has 1 aromatic rings. The van der Waals surface area contributed by atoms with Gasteiger partial charge in [-0.15, -0.1) is 0 Å². The number of carboxylic acid groups (broad SMARTS) is 1. The molecule has 0 unspecified atom stereocenters. The normalized spacial score (nSPS) is 29.2. The van der Waals surface area contributed by atoms with E-state index in [1.165, 1.54) is 6.26 Å². The van der Waals surface area contributed by atoms with Gasteiger partial charge >= 0.3 is 5.97 Å². The number of carboxylic acids is 1. The highest BCUT2D eigenvalue weighted by Crippen LogP contribution is 2.40. The smallest absolute Gasteiger partial charge is 0.326 e. The predicted molar refractivity (Wildman–Crippen MR) is 74.4 cm³/mol. The molecule has 1 aliphatic carbocycles. The Hall–Kier alpha value is -1.30. The third-order valence-electron chi connectivity index (χ3n) is 4.42. The number of hydrogen-bond acceptors (Lipinski definition) is 3. The second-order valence-corrected chi connectivity index (χ2v) is 6.34. The average molecular weight is 342 g/mol. The number of aliphatic carboxylic acids is 1. The minimum atomic E-state index is -0.907. The van der Waals surface area contributed by atoms with Crippen LogP contribution in [0, 0.1) is 5.92 Å². The quantitative estimate of drug-likeness (QED) is 0.897. The molecule has 2 heterocycles. The summed E-state index contributed by atoms with van der Waals surface area (Å²) in [5, 5.41) is 9.41. The van der Waals surface area contributed by atoms with Gasteiger partial charge < -0.3 is 14.4 Å². The van der Waals surface area contributed by atoms with Crippen molar-refractivity contribution < 1.29 is 19.1 Å². The molecule has 1 aliphatic heterocycles. The minimum absolute atomic E-state index is 0.0611. The molecule has 108 valence electrons. The Kier molecular flexibility index (Phi) is 3.58. The number of nitrogens with zero attached hydrogens (tertiary/aromatic N) is 1. The third-order valence-corrected chi connectivity index (χ3v) is 4.84. The van der Waals surface area contributed by atoms with Gasteiger partial charge in [-0.2, -0.15) is 0 Å². The largest absolute Gasteiger partial charge is 0.480 e. The monoisotopic (exact) mass is 341 g/mol. The van der Waals surface area contributed by atoms with Crippen LogP contribution in [0.5, 0.6) is 0 Å². The summed E-state index contributed by atoms with van der Waals surface area (Å²) >= 11 is 3.17. The first-order chi connectivity index (χ1) is 9.58. The number of rotatable bonds is 2. The molecular weight excluding hydrogens is 326 g/mol. The van der Waals surface area contributed by atoms with Crippen LogP contribution in [-0.2, 0) is 4.79 Å². The Balaban J connectivity index is 1.90. The van der Waals surface area contributed by atoms with E-state index >= 15 is 0 Å². The maximum absolute atomic E-state index is 12.6. The lowest BCUT2D eigenvalue weighted by Gasteiger charge is -2.32. The molecule has 2 aliphatic rings. The standard InChI is InChI=1S/C14H16BrNO4/c15-12-6-9(7-20-12)13(17)16-10-4-2-1-3-8(10)5-11(16)14(18)19/h6-8,10-11H,1-5H2,(H,18,19)/t8-,10+,11+/m1/s1. The average Bonchev–Trinajstić information content (AvgIpc) is 3.01. The molecule has 2 fully saturated rings. The summed E-state index contributed by atoms with van der Waals surface area (Å²) in [6, 6.07) is 0.951.